The number of rotatable bonds is 5. The quantitative estimate of drug-likeness (QED) is 0.642. The van der Waals surface area contributed by atoms with Gasteiger partial charge in [0, 0.05) is 17.6 Å². The van der Waals surface area contributed by atoms with Gasteiger partial charge in [-0.05, 0) is 48.2 Å². The molecule has 2 aromatic heterocycles. The molecule has 0 spiro atoms. The maximum absolute atomic E-state index is 13.0. The van der Waals surface area contributed by atoms with Crippen LogP contribution in [0, 0.1) is 0 Å². The van der Waals surface area contributed by atoms with Gasteiger partial charge < -0.3 is 4.98 Å². The summed E-state index contributed by atoms with van der Waals surface area (Å²) in [5.74, 6) is 0. The largest absolute Gasteiger partial charge is 0.338 e. The fraction of sp³-hybridized carbons (Fsp3) is 0.350. The minimum atomic E-state index is -3.58. The Morgan fingerprint density at radius 2 is 1.79 bits per heavy atom. The predicted molar refractivity (Wildman–Crippen MR) is 104 cm³/mol. The lowest BCUT2D eigenvalue weighted by Crippen LogP contribution is -2.36. The number of aromatic nitrogens is 2. The molecule has 5 nitrogen and oxygen atoms in total. The highest BCUT2D eigenvalue weighted by Gasteiger charge is 2.22. The lowest BCUT2D eigenvalue weighted by molar-refractivity contribution is 0.147. The Bertz CT molecular complexity index is 1070. The van der Waals surface area contributed by atoms with Crippen molar-refractivity contribution in [1.82, 2.24) is 14.7 Å². The van der Waals surface area contributed by atoms with Crippen molar-refractivity contribution in [3.8, 4) is 11.1 Å². The van der Waals surface area contributed by atoms with Gasteiger partial charge in [-0.25, -0.2) is 26.9 Å². The topological polar surface area (TPSA) is 74.8 Å². The van der Waals surface area contributed by atoms with Crippen LogP contribution in [0.4, 0.5) is 8.78 Å². The Hall–Kier alpha value is -2.32. The number of nitrogens with one attached hydrogen (secondary N) is 2. The van der Waals surface area contributed by atoms with Crippen LogP contribution >= 0.6 is 0 Å². The van der Waals surface area contributed by atoms with E-state index in [9.17, 15) is 17.2 Å². The minimum absolute atomic E-state index is 0.00845. The number of fused-ring (bicyclic) bond motifs is 1. The Morgan fingerprint density at radius 3 is 2.46 bits per heavy atom. The number of hydrogen-bond acceptors (Lipinski definition) is 3. The van der Waals surface area contributed by atoms with Gasteiger partial charge in [0.05, 0.1) is 10.6 Å². The minimum Gasteiger partial charge on any atom is -0.338 e. The maximum Gasteiger partial charge on any atom is 0.278 e. The molecule has 8 heteroatoms. The van der Waals surface area contributed by atoms with Gasteiger partial charge in [-0.15, -0.1) is 0 Å². The van der Waals surface area contributed by atoms with Crippen molar-refractivity contribution in [2.75, 3.05) is 0 Å². The Balaban J connectivity index is 1.62. The van der Waals surface area contributed by atoms with Crippen LogP contribution in [0.2, 0.25) is 0 Å². The molecule has 4 rings (SSSR count). The summed E-state index contributed by atoms with van der Waals surface area (Å²) < 4.78 is 54.0. The van der Waals surface area contributed by atoms with Crippen molar-refractivity contribution in [2.45, 2.75) is 49.5 Å². The molecule has 1 fully saturated rings. The van der Waals surface area contributed by atoms with Gasteiger partial charge in [-0.3, -0.25) is 0 Å². The number of sulfonamides is 1. The van der Waals surface area contributed by atoms with Crippen LogP contribution in [0.3, 0.4) is 0 Å². The van der Waals surface area contributed by atoms with Crippen molar-refractivity contribution in [2.24, 2.45) is 0 Å². The second-order valence-electron chi connectivity index (χ2n) is 7.13. The van der Waals surface area contributed by atoms with Gasteiger partial charge in [-0.2, -0.15) is 0 Å². The van der Waals surface area contributed by atoms with Crippen molar-refractivity contribution < 1.29 is 17.2 Å². The molecule has 28 heavy (non-hydrogen) atoms. The average Bonchev–Trinajstić information content (AvgIpc) is 3.13. The van der Waals surface area contributed by atoms with Crippen molar-refractivity contribution in [3.63, 3.8) is 0 Å². The van der Waals surface area contributed by atoms with Gasteiger partial charge in [0.1, 0.15) is 5.65 Å². The lowest BCUT2D eigenvalue weighted by atomic mass is 9.96. The second kappa shape index (κ2) is 7.60. The number of halogens is 2. The first-order valence-electron chi connectivity index (χ1n) is 9.32. The van der Waals surface area contributed by atoms with Crippen LogP contribution < -0.4 is 4.72 Å². The summed E-state index contributed by atoms with van der Waals surface area (Å²) >= 11 is 0. The zero-order valence-corrected chi connectivity index (χ0v) is 16.0. The Kier molecular flexibility index (Phi) is 5.16. The van der Waals surface area contributed by atoms with E-state index in [0.717, 1.165) is 43.2 Å². The third-order valence-corrected chi connectivity index (χ3v) is 6.73. The molecule has 0 radical (unpaired) electrons. The SMILES string of the molecule is O=S(=O)(NC1CCCCC1)c1ccc(-c2ccnc3[nH]c(C(F)F)cc23)cc1. The van der Waals surface area contributed by atoms with Crippen LogP contribution in [0.25, 0.3) is 22.2 Å². The van der Waals surface area contributed by atoms with Crippen LogP contribution in [0.15, 0.2) is 47.5 Å². The fourth-order valence-corrected chi connectivity index (χ4v) is 5.04. The van der Waals surface area contributed by atoms with E-state index in [1.54, 1.807) is 36.5 Å². The van der Waals surface area contributed by atoms with E-state index in [1.165, 1.54) is 6.07 Å². The maximum atomic E-state index is 13.0. The molecule has 3 aromatic rings. The fourth-order valence-electron chi connectivity index (χ4n) is 3.74. The summed E-state index contributed by atoms with van der Waals surface area (Å²) in [6, 6.07) is 9.59. The molecule has 1 saturated carbocycles. The van der Waals surface area contributed by atoms with E-state index < -0.39 is 16.4 Å². The highest BCUT2D eigenvalue weighted by molar-refractivity contribution is 7.89. The molecule has 1 aliphatic rings. The molecule has 0 saturated heterocycles. The molecule has 0 aliphatic heterocycles. The van der Waals surface area contributed by atoms with Gasteiger partial charge in [-0.1, -0.05) is 31.4 Å². The normalized spacial score (nSPS) is 16.1. The number of aromatic amines is 1. The first-order chi connectivity index (χ1) is 13.4. The molecule has 1 aromatic carbocycles. The molecule has 0 amide bonds. The summed E-state index contributed by atoms with van der Waals surface area (Å²) in [7, 11) is -3.58. The number of nitrogens with zero attached hydrogens (tertiary/aromatic N) is 1. The Morgan fingerprint density at radius 1 is 1.07 bits per heavy atom. The van der Waals surface area contributed by atoms with E-state index in [-0.39, 0.29) is 16.6 Å². The molecule has 2 N–H and O–H groups in total. The van der Waals surface area contributed by atoms with Gasteiger partial charge in [0.25, 0.3) is 6.43 Å². The smallest absolute Gasteiger partial charge is 0.278 e. The van der Waals surface area contributed by atoms with E-state index >= 15 is 0 Å². The average molecular weight is 405 g/mol. The number of benzene rings is 1. The molecule has 2 heterocycles. The number of alkyl halides is 2. The number of hydrogen-bond donors (Lipinski definition) is 2. The van der Waals surface area contributed by atoms with Crippen molar-refractivity contribution in [3.05, 3.63) is 48.3 Å². The van der Waals surface area contributed by atoms with E-state index in [1.807, 2.05) is 0 Å². The molecular weight excluding hydrogens is 384 g/mol. The van der Waals surface area contributed by atoms with E-state index in [4.69, 9.17) is 0 Å². The van der Waals surface area contributed by atoms with Crippen LogP contribution in [0.5, 0.6) is 0 Å². The molecule has 1 aliphatic carbocycles. The van der Waals surface area contributed by atoms with Crippen molar-refractivity contribution in [1.29, 1.82) is 0 Å². The molecular formula is C20H21F2N3O2S. The lowest BCUT2D eigenvalue weighted by Gasteiger charge is -2.22. The third-order valence-electron chi connectivity index (χ3n) is 5.19. The van der Waals surface area contributed by atoms with Crippen LogP contribution in [-0.2, 0) is 10.0 Å². The molecule has 0 unspecified atom stereocenters. The summed E-state index contributed by atoms with van der Waals surface area (Å²) in [5, 5.41) is 0.578. The molecule has 0 bridgehead atoms. The molecule has 148 valence electrons. The highest BCUT2D eigenvalue weighted by Crippen LogP contribution is 2.31. The number of pyridine rings is 1. The summed E-state index contributed by atoms with van der Waals surface area (Å²) in [5.41, 5.74) is 1.65. The highest BCUT2D eigenvalue weighted by atomic mass is 32.2. The zero-order chi connectivity index (χ0) is 19.7. The van der Waals surface area contributed by atoms with Crippen molar-refractivity contribution >= 4 is 21.1 Å². The number of H-pyrrole nitrogens is 1. The van der Waals surface area contributed by atoms with E-state index in [2.05, 4.69) is 14.7 Å². The second-order valence-corrected chi connectivity index (χ2v) is 8.84. The van der Waals surface area contributed by atoms with Crippen LogP contribution in [0.1, 0.15) is 44.2 Å². The third kappa shape index (κ3) is 3.79. The first-order valence-corrected chi connectivity index (χ1v) is 10.8. The Labute approximate surface area is 162 Å². The monoisotopic (exact) mass is 405 g/mol. The van der Waals surface area contributed by atoms with Crippen LogP contribution in [-0.4, -0.2) is 24.4 Å². The van der Waals surface area contributed by atoms with Gasteiger partial charge >= 0.3 is 0 Å². The zero-order valence-electron chi connectivity index (χ0n) is 15.2. The standard InChI is InChI=1S/C20H21F2N3O2S/c21-19(22)18-12-17-16(10-11-23-20(17)24-18)13-6-8-15(9-7-13)28(26,27)25-14-4-2-1-3-5-14/h6-12,14,19,25H,1-5H2,(H,23,24). The summed E-state index contributed by atoms with van der Waals surface area (Å²) in [6.07, 6.45) is 3.90. The van der Waals surface area contributed by atoms with E-state index in [0.29, 0.717) is 11.0 Å². The van der Waals surface area contributed by atoms with Gasteiger partial charge in [0.2, 0.25) is 10.0 Å². The molecule has 0 atom stereocenters. The first kappa shape index (κ1) is 19.0. The summed E-state index contributed by atoms with van der Waals surface area (Å²) in [4.78, 5) is 6.92. The summed E-state index contributed by atoms with van der Waals surface area (Å²) in [6.45, 7) is 0. The predicted octanol–water partition coefficient (Wildman–Crippen LogP) is 4.78. The van der Waals surface area contributed by atoms with Gasteiger partial charge in [0.15, 0.2) is 0 Å².